The zero-order chi connectivity index (χ0) is 30.5. The normalized spacial score (nSPS) is 11.5. The van der Waals surface area contributed by atoms with Crippen molar-refractivity contribution in [1.82, 2.24) is 0 Å². The highest BCUT2D eigenvalue weighted by Gasteiger charge is 2.20. The molecule has 1 aromatic heterocycles. The van der Waals surface area contributed by atoms with Crippen molar-refractivity contribution in [2.75, 3.05) is 4.90 Å². The van der Waals surface area contributed by atoms with Gasteiger partial charge >= 0.3 is 0 Å². The molecule has 0 atom stereocenters. The Morgan fingerprint density at radius 2 is 1.00 bits per heavy atom. The van der Waals surface area contributed by atoms with Crippen LogP contribution < -0.4 is 4.90 Å². The van der Waals surface area contributed by atoms with Gasteiger partial charge in [-0.2, -0.15) is 0 Å². The topological polar surface area (TPSA) is 16.4 Å². The van der Waals surface area contributed by atoms with Crippen molar-refractivity contribution in [2.24, 2.45) is 0 Å². The number of para-hydroxylation sites is 2. The maximum Gasteiger partial charge on any atom is 0.143 e. The van der Waals surface area contributed by atoms with Gasteiger partial charge in [0.2, 0.25) is 0 Å². The molecule has 1 heterocycles. The van der Waals surface area contributed by atoms with Gasteiger partial charge in [0, 0.05) is 33.1 Å². The first-order chi connectivity index (χ1) is 22.8. The molecule has 0 saturated carbocycles. The van der Waals surface area contributed by atoms with E-state index in [9.17, 15) is 0 Å². The van der Waals surface area contributed by atoms with Crippen molar-refractivity contribution in [2.45, 2.75) is 0 Å². The summed E-state index contributed by atoms with van der Waals surface area (Å²) in [6.07, 6.45) is 0. The number of anilines is 3. The third-order valence-electron chi connectivity index (χ3n) is 9.06. The van der Waals surface area contributed by atoms with Crippen LogP contribution in [0, 0.1) is 0 Å². The number of furan rings is 1. The van der Waals surface area contributed by atoms with Gasteiger partial charge in [0.1, 0.15) is 11.2 Å². The summed E-state index contributed by atoms with van der Waals surface area (Å²) in [5, 5.41) is 6.98. The maximum atomic E-state index is 6.50. The van der Waals surface area contributed by atoms with Crippen molar-refractivity contribution in [3.63, 3.8) is 0 Å². The van der Waals surface area contributed by atoms with Gasteiger partial charge in [-0.3, -0.25) is 0 Å². The second-order valence-corrected chi connectivity index (χ2v) is 11.7. The Hall–Kier alpha value is -6.12. The molecule has 9 aromatic rings. The molecule has 8 aromatic carbocycles. The number of hydrogen-bond acceptors (Lipinski definition) is 2. The van der Waals surface area contributed by atoms with E-state index in [1.54, 1.807) is 0 Å². The molecular formula is C44H29NO. The maximum absolute atomic E-state index is 6.50. The molecule has 0 amide bonds. The number of rotatable bonds is 5. The van der Waals surface area contributed by atoms with Crippen molar-refractivity contribution in [1.29, 1.82) is 0 Å². The number of fused-ring (bicyclic) bond motifs is 6. The first-order valence-electron chi connectivity index (χ1n) is 15.7. The van der Waals surface area contributed by atoms with Crippen LogP contribution in [0.15, 0.2) is 180 Å². The van der Waals surface area contributed by atoms with Gasteiger partial charge in [-0.25, -0.2) is 0 Å². The average molecular weight is 588 g/mol. The molecule has 9 rings (SSSR count). The molecule has 2 nitrogen and oxygen atoms in total. The summed E-state index contributed by atoms with van der Waals surface area (Å²) in [6, 6.07) is 62.8. The molecule has 46 heavy (non-hydrogen) atoms. The van der Waals surface area contributed by atoms with Gasteiger partial charge in [-0.15, -0.1) is 0 Å². The molecule has 0 radical (unpaired) electrons. The summed E-state index contributed by atoms with van der Waals surface area (Å²) in [6.45, 7) is 0. The summed E-state index contributed by atoms with van der Waals surface area (Å²) in [5.41, 5.74) is 9.87. The van der Waals surface area contributed by atoms with Gasteiger partial charge in [-0.1, -0.05) is 133 Å². The lowest BCUT2D eigenvalue weighted by Crippen LogP contribution is -2.11. The standard InChI is InChI=1S/C44H29NO/c1-2-11-30(12-3-1)31-21-25-34(26-22-31)45(42-19-8-6-16-38(42)37-18-10-14-32-13-4-5-15-36(32)37)35-27-23-33-24-28-40-39-17-7-9-20-43(39)46-44(40)41(33)29-35/h1-29H. The van der Waals surface area contributed by atoms with Crippen LogP contribution in [0.25, 0.3) is 65.7 Å². The van der Waals surface area contributed by atoms with Crippen molar-refractivity contribution >= 4 is 60.5 Å². The van der Waals surface area contributed by atoms with E-state index in [0.717, 1.165) is 49.8 Å². The van der Waals surface area contributed by atoms with E-state index in [1.165, 1.54) is 33.0 Å². The predicted molar refractivity (Wildman–Crippen MR) is 194 cm³/mol. The average Bonchev–Trinajstić information content (AvgIpc) is 3.52. The minimum atomic E-state index is 0.907. The first-order valence-corrected chi connectivity index (χ1v) is 15.7. The molecule has 0 unspecified atom stereocenters. The van der Waals surface area contributed by atoms with Crippen LogP contribution >= 0.6 is 0 Å². The summed E-state index contributed by atoms with van der Waals surface area (Å²) in [5.74, 6) is 0. The van der Waals surface area contributed by atoms with Crippen LogP contribution in [0.2, 0.25) is 0 Å². The lowest BCUT2D eigenvalue weighted by molar-refractivity contribution is 0.672. The second-order valence-electron chi connectivity index (χ2n) is 11.7. The highest BCUT2D eigenvalue weighted by atomic mass is 16.3. The molecule has 0 aliphatic carbocycles. The fourth-order valence-electron chi connectivity index (χ4n) is 6.85. The number of hydrogen-bond donors (Lipinski definition) is 0. The van der Waals surface area contributed by atoms with Crippen LogP contribution in [-0.4, -0.2) is 0 Å². The van der Waals surface area contributed by atoms with Gasteiger partial charge in [0.05, 0.1) is 5.69 Å². The van der Waals surface area contributed by atoms with Crippen LogP contribution in [0.4, 0.5) is 17.1 Å². The lowest BCUT2D eigenvalue weighted by atomic mass is 9.96. The molecule has 216 valence electrons. The Balaban J connectivity index is 1.29. The monoisotopic (exact) mass is 587 g/mol. The van der Waals surface area contributed by atoms with Crippen LogP contribution in [0.5, 0.6) is 0 Å². The van der Waals surface area contributed by atoms with E-state index < -0.39 is 0 Å². The van der Waals surface area contributed by atoms with E-state index in [0.29, 0.717) is 0 Å². The third-order valence-corrected chi connectivity index (χ3v) is 9.06. The van der Waals surface area contributed by atoms with Crippen molar-refractivity contribution < 1.29 is 4.42 Å². The lowest BCUT2D eigenvalue weighted by Gasteiger charge is -2.28. The van der Waals surface area contributed by atoms with Crippen molar-refractivity contribution in [3.8, 4) is 22.3 Å². The predicted octanol–water partition coefficient (Wildman–Crippen LogP) is 12.7. The summed E-state index contributed by atoms with van der Waals surface area (Å²) >= 11 is 0. The molecule has 0 aliphatic heterocycles. The first kappa shape index (κ1) is 26.3. The Labute approximate surface area is 267 Å². The summed E-state index contributed by atoms with van der Waals surface area (Å²) in [7, 11) is 0. The summed E-state index contributed by atoms with van der Waals surface area (Å²) < 4.78 is 6.50. The fraction of sp³-hybridized carbons (Fsp3) is 0. The van der Waals surface area contributed by atoms with E-state index in [4.69, 9.17) is 4.42 Å². The van der Waals surface area contributed by atoms with Crippen LogP contribution in [-0.2, 0) is 0 Å². The largest absolute Gasteiger partial charge is 0.455 e. The van der Waals surface area contributed by atoms with Gasteiger partial charge < -0.3 is 9.32 Å². The Kier molecular flexibility index (Phi) is 6.17. The molecule has 0 bridgehead atoms. The zero-order valence-corrected chi connectivity index (χ0v) is 25.1. The molecule has 0 fully saturated rings. The van der Waals surface area contributed by atoms with E-state index in [2.05, 4.69) is 169 Å². The minimum absolute atomic E-state index is 0.907. The number of nitrogens with zero attached hydrogens (tertiary/aromatic N) is 1. The molecule has 0 N–H and O–H groups in total. The second kappa shape index (κ2) is 10.8. The quantitative estimate of drug-likeness (QED) is 0.199. The molecular weight excluding hydrogens is 558 g/mol. The SMILES string of the molecule is c1ccc(-c2ccc(N(c3ccc4ccc5c6ccccc6oc5c4c3)c3ccccc3-c3cccc4ccccc34)cc2)cc1. The van der Waals surface area contributed by atoms with Crippen LogP contribution in [0.1, 0.15) is 0 Å². The van der Waals surface area contributed by atoms with Gasteiger partial charge in [-0.05, 0) is 75.3 Å². The smallest absolute Gasteiger partial charge is 0.143 e. The highest BCUT2D eigenvalue weighted by molar-refractivity contribution is 6.15. The Bertz CT molecular complexity index is 2520. The van der Waals surface area contributed by atoms with Crippen molar-refractivity contribution in [3.05, 3.63) is 176 Å². The van der Waals surface area contributed by atoms with Gasteiger partial charge in [0.15, 0.2) is 0 Å². The third kappa shape index (κ3) is 4.35. The highest BCUT2D eigenvalue weighted by Crippen LogP contribution is 2.44. The number of benzene rings is 8. The fourth-order valence-corrected chi connectivity index (χ4v) is 6.85. The Morgan fingerprint density at radius 3 is 1.89 bits per heavy atom. The molecule has 0 spiro atoms. The zero-order valence-electron chi connectivity index (χ0n) is 25.1. The van der Waals surface area contributed by atoms with E-state index >= 15 is 0 Å². The van der Waals surface area contributed by atoms with E-state index in [1.807, 2.05) is 12.1 Å². The van der Waals surface area contributed by atoms with E-state index in [-0.39, 0.29) is 0 Å². The summed E-state index contributed by atoms with van der Waals surface area (Å²) in [4.78, 5) is 2.38. The minimum Gasteiger partial charge on any atom is -0.455 e. The molecule has 0 saturated heterocycles. The molecule has 2 heteroatoms. The Morgan fingerprint density at radius 1 is 0.370 bits per heavy atom. The van der Waals surface area contributed by atoms with Gasteiger partial charge in [0.25, 0.3) is 0 Å². The molecule has 0 aliphatic rings. The van der Waals surface area contributed by atoms with Crippen LogP contribution in [0.3, 0.4) is 0 Å².